The zero-order valence-electron chi connectivity index (χ0n) is 38.5. The quantitative estimate of drug-likeness (QED) is 0.124. The van der Waals surface area contributed by atoms with Gasteiger partial charge in [0.1, 0.15) is 60.7 Å². The third-order valence-electron chi connectivity index (χ3n) is 18.8. The molecule has 0 amide bonds. The molecule has 8 aliphatic rings. The number of fused-ring (bicyclic) bond motifs is 7. The summed E-state index contributed by atoms with van der Waals surface area (Å²) in [7, 11) is 0. The average molecular weight is 911 g/mol. The van der Waals surface area contributed by atoms with Gasteiger partial charge in [-0.2, -0.15) is 0 Å². The van der Waals surface area contributed by atoms with Crippen molar-refractivity contribution in [1.82, 2.24) is 0 Å². The van der Waals surface area contributed by atoms with Crippen molar-refractivity contribution in [3.8, 4) is 0 Å². The molecule has 9 N–H and O–H groups in total. The molecule has 23 atom stereocenters. The number of rotatable bonds is 8. The van der Waals surface area contributed by atoms with Gasteiger partial charge in [-0.3, -0.25) is 4.79 Å². The van der Waals surface area contributed by atoms with Gasteiger partial charge in [0, 0.05) is 17.3 Å². The first-order chi connectivity index (χ1) is 29.8. The molecule has 4 saturated carbocycles. The maximum atomic E-state index is 13.8. The maximum absolute atomic E-state index is 13.8. The minimum Gasteiger partial charge on any atom is -0.479 e. The van der Waals surface area contributed by atoms with Gasteiger partial charge in [-0.05, 0) is 97.7 Å². The Morgan fingerprint density at radius 3 is 2.09 bits per heavy atom. The number of carbonyl (C=O) groups excluding carboxylic acids is 1. The van der Waals surface area contributed by atoms with Crippen molar-refractivity contribution >= 4 is 11.8 Å². The smallest absolute Gasteiger partial charge is 0.335 e. The minimum atomic E-state index is -2.02. The number of hydrogen-bond donors (Lipinski definition) is 9. The molecule has 5 aliphatic carbocycles. The predicted molar refractivity (Wildman–Crippen MR) is 224 cm³/mol. The van der Waals surface area contributed by atoms with E-state index >= 15 is 0 Å². The van der Waals surface area contributed by atoms with Crippen LogP contribution in [-0.2, 0) is 38.0 Å². The molecule has 17 nitrogen and oxygen atoms in total. The Balaban J connectivity index is 1.06. The molecule has 8 rings (SSSR count). The second kappa shape index (κ2) is 16.8. The first-order valence-electron chi connectivity index (χ1n) is 23.5. The van der Waals surface area contributed by atoms with Crippen LogP contribution in [0.3, 0.4) is 0 Å². The van der Waals surface area contributed by atoms with Crippen molar-refractivity contribution in [3.05, 3.63) is 11.6 Å². The summed E-state index contributed by atoms with van der Waals surface area (Å²) in [6, 6.07) is 0. The van der Waals surface area contributed by atoms with E-state index in [1.165, 1.54) is 12.5 Å². The Kier molecular flexibility index (Phi) is 12.8. The lowest BCUT2D eigenvalue weighted by atomic mass is 9.33. The number of aliphatic carboxylic acids is 1. The molecule has 0 unspecified atom stereocenters. The number of carboxylic acid groups (broad SMARTS) is 1. The fourth-order valence-corrected chi connectivity index (χ4v) is 14.6. The molecule has 17 heteroatoms. The largest absolute Gasteiger partial charge is 0.479 e. The molecular formula is C47H74O17. The summed E-state index contributed by atoms with van der Waals surface area (Å²) >= 11 is 0. The maximum Gasteiger partial charge on any atom is 0.335 e. The SMILES string of the molecule is C[C@@H]1O[C@H](O[C@@H]2[C@@H](O[C@@H]3[C@@H](O[C@H]4CC[C@@]5(C)[C@@H](CC[C@@]6(C)[C@@H]5CC=C5[C@@H]7CC(C)(C)CC(=O)[C@@]7(C)CC[C@@]56C)[C@]4(C)CO)O[C@@H](C(=O)O)[C@H](O)[C@H]3O)OC[C@H](O)[C@H]2O)[C@@H](O)[C@H](O)[C@H]1O. The van der Waals surface area contributed by atoms with Crippen LogP contribution >= 0.6 is 0 Å². The first-order valence-corrected chi connectivity index (χ1v) is 23.5. The number of carbonyl (C=O) groups is 2. The van der Waals surface area contributed by atoms with Crippen molar-refractivity contribution in [2.75, 3.05) is 13.2 Å². The fourth-order valence-electron chi connectivity index (χ4n) is 14.6. The van der Waals surface area contributed by atoms with Crippen molar-refractivity contribution < 1.29 is 84.0 Å². The molecular weight excluding hydrogens is 837 g/mol. The highest BCUT2D eigenvalue weighted by molar-refractivity contribution is 5.87. The molecule has 0 spiro atoms. The molecule has 64 heavy (non-hydrogen) atoms. The summed E-state index contributed by atoms with van der Waals surface area (Å²) in [5, 5.41) is 97.2. The van der Waals surface area contributed by atoms with E-state index in [-0.39, 0.29) is 51.4 Å². The number of aliphatic hydroxyl groups is 8. The van der Waals surface area contributed by atoms with Gasteiger partial charge in [0.2, 0.25) is 0 Å². The van der Waals surface area contributed by atoms with E-state index in [1.54, 1.807) is 0 Å². The summed E-state index contributed by atoms with van der Waals surface area (Å²) < 4.78 is 36.0. The number of ether oxygens (including phenoxy) is 6. The lowest BCUT2D eigenvalue weighted by molar-refractivity contribution is -0.387. The number of hydrogen-bond acceptors (Lipinski definition) is 16. The normalized spacial score (nSPS) is 55.0. The van der Waals surface area contributed by atoms with Crippen LogP contribution in [0.5, 0.6) is 0 Å². The van der Waals surface area contributed by atoms with Crippen LogP contribution in [0, 0.1) is 50.2 Å². The van der Waals surface area contributed by atoms with Crippen molar-refractivity contribution in [2.45, 2.75) is 205 Å². The van der Waals surface area contributed by atoms with E-state index in [0.29, 0.717) is 25.0 Å². The van der Waals surface area contributed by atoms with E-state index in [0.717, 1.165) is 38.5 Å². The van der Waals surface area contributed by atoms with Crippen LogP contribution in [0.2, 0.25) is 0 Å². The highest BCUT2D eigenvalue weighted by atomic mass is 16.8. The summed E-state index contributed by atoms with van der Waals surface area (Å²) in [5.74, 6) is -0.816. The number of ketones is 1. The summed E-state index contributed by atoms with van der Waals surface area (Å²) in [5.41, 5.74) is -0.362. The predicted octanol–water partition coefficient (Wildman–Crippen LogP) is 1.55. The van der Waals surface area contributed by atoms with Gasteiger partial charge in [0.15, 0.2) is 25.0 Å². The van der Waals surface area contributed by atoms with E-state index < -0.39 is 110 Å². The van der Waals surface area contributed by atoms with Crippen LogP contribution in [-0.4, -0.2) is 163 Å². The van der Waals surface area contributed by atoms with E-state index in [9.17, 15) is 55.5 Å². The van der Waals surface area contributed by atoms with Crippen molar-refractivity contribution in [3.63, 3.8) is 0 Å². The molecule has 7 fully saturated rings. The number of carboxylic acids is 1. The highest BCUT2D eigenvalue weighted by Crippen LogP contribution is 2.75. The van der Waals surface area contributed by atoms with Crippen LogP contribution in [0.4, 0.5) is 0 Å². The Morgan fingerprint density at radius 2 is 1.42 bits per heavy atom. The Morgan fingerprint density at radius 1 is 0.750 bits per heavy atom. The van der Waals surface area contributed by atoms with E-state index in [4.69, 9.17) is 28.4 Å². The monoisotopic (exact) mass is 910 g/mol. The second-order valence-electron chi connectivity index (χ2n) is 22.9. The molecule has 0 bridgehead atoms. The Bertz CT molecular complexity index is 1810. The summed E-state index contributed by atoms with van der Waals surface area (Å²) in [6.45, 7) is 16.5. The Labute approximate surface area is 375 Å². The van der Waals surface area contributed by atoms with Crippen LogP contribution in [0.1, 0.15) is 113 Å². The molecule has 0 aromatic carbocycles. The average Bonchev–Trinajstić information content (AvgIpc) is 3.22. The number of Topliss-reactive ketones (excluding diaryl/α,β-unsaturated/α-hetero) is 1. The molecule has 0 radical (unpaired) electrons. The van der Waals surface area contributed by atoms with Crippen LogP contribution < -0.4 is 0 Å². The van der Waals surface area contributed by atoms with Crippen LogP contribution in [0.25, 0.3) is 0 Å². The van der Waals surface area contributed by atoms with Gasteiger partial charge in [-0.1, -0.05) is 60.1 Å². The summed E-state index contributed by atoms with van der Waals surface area (Å²) in [4.78, 5) is 26.2. The standard InChI is InChI=1S/C47H74O17/c1-21-29(51)31(53)34(56)39(60-21)63-36-30(52)24(49)19-59-40(36)64-37-33(55)32(54)35(38(57)58)62-41(37)61-28-12-13-44(5)25(45(28,6)20-48)11-14-47(8)26(44)10-9-22-23-17-42(2,3)18-27(50)43(23,4)15-16-46(22,47)7/h9,21,23-26,28-37,39-41,48-49,51-56H,10-20H2,1-8H3,(H,57,58)/t21-,23-,24-,25+,26+,28-,29-,30+,31+,32+,33+,34-,35+,36-,37-,39+,40+,41-,43-,44-,45-,46-,47-/m0/s1. The molecule has 3 heterocycles. The topological polar surface area (TPSA) is 272 Å². The van der Waals surface area contributed by atoms with Gasteiger partial charge in [0.05, 0.1) is 25.4 Å². The van der Waals surface area contributed by atoms with Gasteiger partial charge in [-0.15, -0.1) is 0 Å². The first kappa shape index (κ1) is 48.8. The molecule has 364 valence electrons. The summed E-state index contributed by atoms with van der Waals surface area (Å²) in [6.07, 6.45) is -14.8. The van der Waals surface area contributed by atoms with Gasteiger partial charge < -0.3 is 74.4 Å². The van der Waals surface area contributed by atoms with E-state index in [2.05, 4.69) is 47.6 Å². The minimum absolute atomic E-state index is 0.0626. The number of aliphatic hydroxyl groups excluding tert-OH is 8. The molecule has 3 saturated heterocycles. The highest BCUT2D eigenvalue weighted by Gasteiger charge is 2.70. The van der Waals surface area contributed by atoms with E-state index in [1.807, 2.05) is 6.92 Å². The van der Waals surface area contributed by atoms with Crippen molar-refractivity contribution in [2.24, 2.45) is 50.2 Å². The van der Waals surface area contributed by atoms with Crippen molar-refractivity contribution in [1.29, 1.82) is 0 Å². The fraction of sp³-hybridized carbons (Fsp3) is 0.915. The molecule has 0 aromatic heterocycles. The third-order valence-corrected chi connectivity index (χ3v) is 18.8. The van der Waals surface area contributed by atoms with Gasteiger partial charge >= 0.3 is 5.97 Å². The third kappa shape index (κ3) is 7.40. The zero-order chi connectivity index (χ0) is 46.9. The molecule has 0 aromatic rings. The Hall–Kier alpha value is -1.68. The van der Waals surface area contributed by atoms with Crippen LogP contribution in [0.15, 0.2) is 11.6 Å². The van der Waals surface area contributed by atoms with Gasteiger partial charge in [0.25, 0.3) is 0 Å². The molecule has 3 aliphatic heterocycles. The zero-order valence-corrected chi connectivity index (χ0v) is 38.5. The number of allylic oxidation sites excluding steroid dienone is 2. The second-order valence-corrected chi connectivity index (χ2v) is 22.9. The van der Waals surface area contributed by atoms with Gasteiger partial charge in [-0.25, -0.2) is 4.79 Å². The lowest BCUT2D eigenvalue weighted by Crippen LogP contribution is -2.68. The lowest BCUT2D eigenvalue weighted by Gasteiger charge is -2.71.